The Morgan fingerprint density at radius 1 is 1.05 bits per heavy atom. The second-order valence-electron chi connectivity index (χ2n) is 9.97. The summed E-state index contributed by atoms with van der Waals surface area (Å²) in [5, 5.41) is 4.80. The number of ether oxygens (including phenoxy) is 2. The molecule has 194 valence electrons. The van der Waals surface area contributed by atoms with Gasteiger partial charge in [-0.25, -0.2) is 9.59 Å². The summed E-state index contributed by atoms with van der Waals surface area (Å²) in [5.41, 5.74) is 6.97. The molecule has 1 aliphatic carbocycles. The molecule has 8 nitrogen and oxygen atoms in total. The molecule has 8 heteroatoms. The van der Waals surface area contributed by atoms with E-state index in [1.807, 2.05) is 48.5 Å². The molecule has 2 atom stereocenters. The Balaban J connectivity index is 1.44. The van der Waals surface area contributed by atoms with Crippen molar-refractivity contribution in [3.8, 4) is 0 Å². The third-order valence-corrected chi connectivity index (χ3v) is 5.91. The predicted octanol–water partition coefficient (Wildman–Crippen LogP) is 4.78. The highest BCUT2D eigenvalue weighted by Gasteiger charge is 2.28. The van der Waals surface area contributed by atoms with Crippen LogP contribution in [0.1, 0.15) is 26.3 Å². The van der Waals surface area contributed by atoms with Crippen LogP contribution in [0.2, 0.25) is 0 Å². The van der Waals surface area contributed by atoms with Crippen molar-refractivity contribution < 1.29 is 19.1 Å². The first-order chi connectivity index (χ1) is 17.7. The van der Waals surface area contributed by atoms with Crippen LogP contribution in [0, 0.1) is 0 Å². The highest BCUT2D eigenvalue weighted by atomic mass is 16.6. The van der Waals surface area contributed by atoms with E-state index in [1.54, 1.807) is 20.8 Å². The number of allylic oxidation sites excluding steroid dienone is 2. The van der Waals surface area contributed by atoms with Gasteiger partial charge in [-0.15, -0.1) is 0 Å². The van der Waals surface area contributed by atoms with E-state index in [0.29, 0.717) is 6.67 Å². The van der Waals surface area contributed by atoms with E-state index in [1.165, 1.54) is 12.7 Å². The number of methoxy groups -OCH3 is 1. The molecule has 2 aromatic rings. The van der Waals surface area contributed by atoms with Crippen LogP contribution in [-0.2, 0) is 20.7 Å². The summed E-state index contributed by atoms with van der Waals surface area (Å²) in [5.74, 6) is -0.529. The molecule has 37 heavy (non-hydrogen) atoms. The number of carbonyl (C=O) groups excluding carboxylic acids is 2. The number of carbonyl (C=O) groups is 2. The zero-order valence-corrected chi connectivity index (χ0v) is 21.7. The lowest BCUT2D eigenvalue weighted by Gasteiger charge is -2.41. The number of benzene rings is 2. The molecule has 0 bridgehead atoms. The molecule has 1 amide bonds. The van der Waals surface area contributed by atoms with Crippen molar-refractivity contribution >= 4 is 23.4 Å². The number of rotatable bonds is 7. The number of hydrogen-bond acceptors (Lipinski definition) is 7. The lowest BCUT2D eigenvalue weighted by Crippen LogP contribution is -2.49. The summed E-state index contributed by atoms with van der Waals surface area (Å²) < 4.78 is 10.2. The number of nitrogens with zero attached hydrogens (tertiary/aromatic N) is 2. The number of nitrogens with one attached hydrogen (secondary N) is 2. The zero-order chi connectivity index (χ0) is 26.4. The van der Waals surface area contributed by atoms with E-state index in [9.17, 15) is 9.59 Å². The van der Waals surface area contributed by atoms with Crippen molar-refractivity contribution in [1.29, 1.82) is 0 Å². The summed E-state index contributed by atoms with van der Waals surface area (Å²) in [6, 6.07) is 17.3. The van der Waals surface area contributed by atoms with E-state index < -0.39 is 23.7 Å². The minimum Gasteiger partial charge on any atom is -0.467 e. The highest BCUT2D eigenvalue weighted by molar-refractivity contribution is 5.81. The van der Waals surface area contributed by atoms with Gasteiger partial charge in [-0.05, 0) is 56.2 Å². The smallest absolute Gasteiger partial charge is 0.408 e. The molecule has 2 N–H and O–H groups in total. The van der Waals surface area contributed by atoms with Crippen LogP contribution in [0.3, 0.4) is 0 Å². The number of hydrogen-bond donors (Lipinski definition) is 2. The van der Waals surface area contributed by atoms with Gasteiger partial charge in [0.05, 0.1) is 19.8 Å². The molecule has 1 heterocycles. The summed E-state index contributed by atoms with van der Waals surface area (Å²) in [4.78, 5) is 26.7. The van der Waals surface area contributed by atoms with Crippen molar-refractivity contribution in [2.75, 3.05) is 24.1 Å². The first-order valence-electron chi connectivity index (χ1n) is 12.3. The third kappa shape index (κ3) is 7.01. The van der Waals surface area contributed by atoms with Gasteiger partial charge >= 0.3 is 12.1 Å². The van der Waals surface area contributed by atoms with Crippen LogP contribution in [0.15, 0.2) is 90.7 Å². The SMILES string of the molecule is COC(=O)C(Cc1ccc(NN2CN(c3ccccc3)C=C3C=CC=C[C@@H]32)cc1)NC(=O)OC(C)(C)C. The van der Waals surface area contributed by atoms with Crippen LogP contribution >= 0.6 is 0 Å². The van der Waals surface area contributed by atoms with E-state index in [2.05, 4.69) is 57.2 Å². The first-order valence-corrected chi connectivity index (χ1v) is 12.3. The van der Waals surface area contributed by atoms with Crippen LogP contribution in [0.25, 0.3) is 0 Å². The van der Waals surface area contributed by atoms with Gasteiger partial charge in [0.25, 0.3) is 0 Å². The van der Waals surface area contributed by atoms with Gasteiger partial charge in [0.2, 0.25) is 0 Å². The first kappa shape index (κ1) is 26.0. The van der Waals surface area contributed by atoms with Gasteiger partial charge in [0, 0.05) is 24.0 Å². The number of esters is 1. The van der Waals surface area contributed by atoms with Gasteiger partial charge in [-0.1, -0.05) is 54.6 Å². The fraction of sp³-hybridized carbons (Fsp3) is 0.310. The molecule has 1 aliphatic heterocycles. The van der Waals surface area contributed by atoms with E-state index in [4.69, 9.17) is 9.47 Å². The number of para-hydroxylation sites is 1. The summed E-state index contributed by atoms with van der Waals surface area (Å²) in [7, 11) is 1.30. The van der Waals surface area contributed by atoms with Gasteiger partial charge < -0.3 is 25.1 Å². The Morgan fingerprint density at radius 3 is 2.46 bits per heavy atom. The van der Waals surface area contributed by atoms with Gasteiger partial charge in [0.15, 0.2) is 0 Å². The molecular weight excluding hydrogens is 468 g/mol. The molecule has 0 fully saturated rings. The van der Waals surface area contributed by atoms with Crippen LogP contribution in [-0.4, -0.2) is 48.5 Å². The maximum absolute atomic E-state index is 12.3. The normalized spacial score (nSPS) is 17.9. The Morgan fingerprint density at radius 2 is 1.78 bits per heavy atom. The average Bonchev–Trinajstić information content (AvgIpc) is 2.88. The second kappa shape index (κ2) is 11.3. The molecule has 2 aliphatic rings. The van der Waals surface area contributed by atoms with Crippen molar-refractivity contribution in [2.24, 2.45) is 0 Å². The van der Waals surface area contributed by atoms with E-state index >= 15 is 0 Å². The van der Waals surface area contributed by atoms with Gasteiger partial charge in [-0.2, -0.15) is 5.01 Å². The van der Waals surface area contributed by atoms with Crippen molar-refractivity contribution in [1.82, 2.24) is 10.3 Å². The Bertz CT molecular complexity index is 1180. The monoisotopic (exact) mass is 502 g/mol. The maximum atomic E-state index is 12.3. The zero-order valence-electron chi connectivity index (χ0n) is 21.7. The molecule has 2 aromatic carbocycles. The number of anilines is 2. The molecule has 0 saturated heterocycles. The topological polar surface area (TPSA) is 83.1 Å². The lowest BCUT2D eigenvalue weighted by molar-refractivity contribution is -0.143. The van der Waals surface area contributed by atoms with Gasteiger partial charge in [0.1, 0.15) is 11.6 Å². The molecule has 0 spiro atoms. The molecule has 1 unspecified atom stereocenters. The standard InChI is InChI=1S/C29H34N4O4/c1-29(2,3)37-28(35)30-25(27(34)36-4)18-21-14-16-23(17-15-21)31-33-20-32(24-11-6-5-7-12-24)19-22-10-8-9-13-26(22)33/h5-17,19,25-26,31H,18,20H2,1-4H3,(H,30,35)/t25?,26-/m0/s1. The molecule has 0 aromatic heterocycles. The number of hydrazine groups is 1. The summed E-state index contributed by atoms with van der Waals surface area (Å²) in [6.45, 7) is 5.96. The number of alkyl carbamates (subject to hydrolysis) is 1. The minimum absolute atomic E-state index is 0.103. The molecule has 0 saturated carbocycles. The quantitative estimate of drug-likeness (QED) is 0.527. The second-order valence-corrected chi connectivity index (χ2v) is 9.97. The number of amides is 1. The third-order valence-electron chi connectivity index (χ3n) is 5.91. The van der Waals surface area contributed by atoms with Crippen LogP contribution < -0.4 is 15.6 Å². The Labute approximate surface area is 218 Å². The molecule has 4 rings (SSSR count). The lowest BCUT2D eigenvalue weighted by atomic mass is 10.0. The van der Waals surface area contributed by atoms with Crippen molar-refractivity contribution in [3.05, 3.63) is 96.2 Å². The van der Waals surface area contributed by atoms with E-state index in [0.717, 1.165) is 16.9 Å². The molecular formula is C29H34N4O4. The molecule has 0 radical (unpaired) electrons. The average molecular weight is 503 g/mol. The van der Waals surface area contributed by atoms with Crippen LogP contribution in [0.5, 0.6) is 0 Å². The Hall–Kier alpha value is -4.04. The summed E-state index contributed by atoms with van der Waals surface area (Å²) in [6.07, 6.45) is 10.2. The maximum Gasteiger partial charge on any atom is 0.408 e. The fourth-order valence-electron chi connectivity index (χ4n) is 4.20. The fourth-order valence-corrected chi connectivity index (χ4v) is 4.20. The largest absolute Gasteiger partial charge is 0.467 e. The van der Waals surface area contributed by atoms with E-state index in [-0.39, 0.29) is 12.5 Å². The Kier molecular flexibility index (Phi) is 7.98. The highest BCUT2D eigenvalue weighted by Crippen LogP contribution is 2.28. The van der Waals surface area contributed by atoms with Crippen molar-refractivity contribution in [2.45, 2.75) is 44.9 Å². The predicted molar refractivity (Wildman–Crippen MR) is 145 cm³/mol. The van der Waals surface area contributed by atoms with Crippen LogP contribution in [0.4, 0.5) is 16.2 Å². The van der Waals surface area contributed by atoms with Crippen molar-refractivity contribution in [3.63, 3.8) is 0 Å². The summed E-state index contributed by atoms with van der Waals surface area (Å²) >= 11 is 0. The number of fused-ring (bicyclic) bond motifs is 1. The van der Waals surface area contributed by atoms with Gasteiger partial charge in [-0.3, -0.25) is 0 Å². The minimum atomic E-state index is -0.855.